The Morgan fingerprint density at radius 2 is 1.83 bits per heavy atom. The first-order chi connectivity index (χ1) is 14.7. The van der Waals surface area contributed by atoms with Crippen molar-refractivity contribution in [2.45, 2.75) is 25.8 Å². The van der Waals surface area contributed by atoms with Gasteiger partial charge in [0.1, 0.15) is 5.82 Å². The highest BCUT2D eigenvalue weighted by Gasteiger charge is 2.26. The number of carbonyl (C=O) groups excluding carboxylic acids is 1. The summed E-state index contributed by atoms with van der Waals surface area (Å²) >= 11 is 0. The summed E-state index contributed by atoms with van der Waals surface area (Å²) in [6, 6.07) is 16.0. The van der Waals surface area contributed by atoms with Crippen LogP contribution in [0.15, 0.2) is 67.0 Å². The molecule has 0 radical (unpaired) electrons. The number of carbonyl (C=O) groups is 1. The van der Waals surface area contributed by atoms with Gasteiger partial charge in [0.05, 0.1) is 17.6 Å². The number of amides is 1. The molecule has 0 atom stereocenters. The largest absolute Gasteiger partial charge is 0.346 e. The zero-order valence-corrected chi connectivity index (χ0v) is 16.3. The second-order valence-corrected chi connectivity index (χ2v) is 7.33. The first-order valence-electron chi connectivity index (χ1n) is 9.93. The summed E-state index contributed by atoms with van der Waals surface area (Å²) in [7, 11) is 0. The monoisotopic (exact) mass is 401 g/mol. The molecule has 2 heterocycles. The van der Waals surface area contributed by atoms with Gasteiger partial charge in [-0.05, 0) is 55.7 Å². The summed E-state index contributed by atoms with van der Waals surface area (Å²) < 4.78 is 16.8. The zero-order valence-electron chi connectivity index (χ0n) is 16.3. The van der Waals surface area contributed by atoms with Crippen LogP contribution in [0.3, 0.4) is 0 Å². The number of benzene rings is 2. The third-order valence-corrected chi connectivity index (χ3v) is 5.33. The van der Waals surface area contributed by atoms with E-state index in [1.54, 1.807) is 27.7 Å². The van der Waals surface area contributed by atoms with Crippen LogP contribution in [-0.2, 0) is 19.4 Å². The number of rotatable bonds is 5. The molecular weight excluding hydrogens is 381 g/mol. The lowest BCUT2D eigenvalue weighted by Gasteiger charge is -2.05. The molecule has 1 aliphatic rings. The number of para-hydroxylation sites is 1. The first-order valence-corrected chi connectivity index (χ1v) is 9.93. The van der Waals surface area contributed by atoms with Crippen LogP contribution in [-0.4, -0.2) is 25.5 Å². The summed E-state index contributed by atoms with van der Waals surface area (Å²) in [6.45, 7) is 0.365. The summed E-state index contributed by atoms with van der Waals surface area (Å²) in [5, 5.41) is 11.9. The Bertz CT molecular complexity index is 1190. The Kier molecular flexibility index (Phi) is 4.63. The van der Waals surface area contributed by atoms with Crippen molar-refractivity contribution >= 4 is 5.91 Å². The molecule has 0 aliphatic heterocycles. The van der Waals surface area contributed by atoms with Crippen molar-refractivity contribution in [2.24, 2.45) is 0 Å². The lowest BCUT2D eigenvalue weighted by Crippen LogP contribution is -2.24. The SMILES string of the molecule is O=C(NCc1cnn(-c2ccccc2)c1)c1nn(-c2ccc(F)cc2)c2c1CCC2. The van der Waals surface area contributed by atoms with E-state index in [9.17, 15) is 9.18 Å². The molecule has 150 valence electrons. The maximum absolute atomic E-state index is 13.3. The average Bonchev–Trinajstić information content (AvgIpc) is 3.50. The molecule has 0 unspecified atom stereocenters. The Morgan fingerprint density at radius 1 is 1.03 bits per heavy atom. The molecule has 0 saturated carbocycles. The zero-order chi connectivity index (χ0) is 20.5. The van der Waals surface area contributed by atoms with Crippen molar-refractivity contribution in [1.29, 1.82) is 0 Å². The number of aromatic nitrogens is 4. The molecule has 1 amide bonds. The highest BCUT2D eigenvalue weighted by molar-refractivity contribution is 5.94. The van der Waals surface area contributed by atoms with Crippen LogP contribution in [0.1, 0.15) is 33.7 Å². The van der Waals surface area contributed by atoms with E-state index in [2.05, 4.69) is 15.5 Å². The second-order valence-electron chi connectivity index (χ2n) is 7.33. The van der Waals surface area contributed by atoms with E-state index in [0.717, 1.165) is 47.5 Å². The maximum Gasteiger partial charge on any atom is 0.272 e. The number of nitrogens with one attached hydrogen (secondary N) is 1. The second kappa shape index (κ2) is 7.59. The fourth-order valence-electron chi connectivity index (χ4n) is 3.86. The van der Waals surface area contributed by atoms with E-state index < -0.39 is 0 Å². The number of hydrogen-bond donors (Lipinski definition) is 1. The van der Waals surface area contributed by atoms with E-state index >= 15 is 0 Å². The van der Waals surface area contributed by atoms with Gasteiger partial charge in [0.2, 0.25) is 0 Å². The van der Waals surface area contributed by atoms with Crippen LogP contribution in [0.4, 0.5) is 4.39 Å². The van der Waals surface area contributed by atoms with Crippen LogP contribution in [0, 0.1) is 5.82 Å². The molecule has 4 aromatic rings. The summed E-state index contributed by atoms with van der Waals surface area (Å²) in [6.07, 6.45) is 6.31. The maximum atomic E-state index is 13.3. The predicted octanol–water partition coefficient (Wildman–Crippen LogP) is 3.62. The van der Waals surface area contributed by atoms with Gasteiger partial charge in [-0.2, -0.15) is 10.2 Å². The molecular formula is C23H20FN5O. The van der Waals surface area contributed by atoms with Gasteiger partial charge in [-0.3, -0.25) is 4.79 Å². The Balaban J connectivity index is 1.34. The molecule has 7 heteroatoms. The van der Waals surface area contributed by atoms with Crippen molar-refractivity contribution in [1.82, 2.24) is 24.9 Å². The quantitative estimate of drug-likeness (QED) is 0.556. The van der Waals surface area contributed by atoms with Gasteiger partial charge in [0.25, 0.3) is 5.91 Å². The van der Waals surface area contributed by atoms with Gasteiger partial charge in [-0.1, -0.05) is 18.2 Å². The first kappa shape index (κ1) is 18.3. The molecule has 2 aromatic heterocycles. The minimum absolute atomic E-state index is 0.207. The molecule has 0 fully saturated rings. The topological polar surface area (TPSA) is 64.7 Å². The van der Waals surface area contributed by atoms with Gasteiger partial charge in [0, 0.05) is 29.6 Å². The van der Waals surface area contributed by atoms with Crippen LogP contribution < -0.4 is 5.32 Å². The van der Waals surface area contributed by atoms with Gasteiger partial charge in [-0.15, -0.1) is 0 Å². The standard InChI is InChI=1S/C23H20FN5O/c24-17-9-11-19(12-10-17)29-21-8-4-7-20(21)22(27-29)23(30)25-13-16-14-26-28(15-16)18-5-2-1-3-6-18/h1-3,5-6,9-12,14-15H,4,7-8,13H2,(H,25,30). The Labute approximate surface area is 173 Å². The molecule has 30 heavy (non-hydrogen) atoms. The molecule has 0 saturated heterocycles. The lowest BCUT2D eigenvalue weighted by atomic mass is 10.2. The summed E-state index contributed by atoms with van der Waals surface area (Å²) in [4.78, 5) is 12.9. The smallest absolute Gasteiger partial charge is 0.272 e. The minimum Gasteiger partial charge on any atom is -0.346 e. The summed E-state index contributed by atoms with van der Waals surface area (Å²) in [5.41, 5.74) is 5.09. The molecule has 1 N–H and O–H groups in total. The molecule has 0 spiro atoms. The fraction of sp³-hybridized carbons (Fsp3) is 0.174. The Hall–Kier alpha value is -3.74. The normalized spacial score (nSPS) is 12.7. The van der Waals surface area contributed by atoms with E-state index in [1.807, 2.05) is 36.5 Å². The highest BCUT2D eigenvalue weighted by Crippen LogP contribution is 2.28. The third-order valence-electron chi connectivity index (χ3n) is 5.33. The van der Waals surface area contributed by atoms with Crippen molar-refractivity contribution in [3.63, 3.8) is 0 Å². The van der Waals surface area contributed by atoms with E-state index in [4.69, 9.17) is 0 Å². The van der Waals surface area contributed by atoms with Gasteiger partial charge in [0.15, 0.2) is 5.69 Å². The van der Waals surface area contributed by atoms with Gasteiger partial charge < -0.3 is 5.32 Å². The molecule has 1 aliphatic carbocycles. The minimum atomic E-state index is -0.295. The molecule has 0 bridgehead atoms. The Morgan fingerprint density at radius 3 is 2.63 bits per heavy atom. The number of hydrogen-bond acceptors (Lipinski definition) is 3. The van der Waals surface area contributed by atoms with E-state index in [-0.39, 0.29) is 11.7 Å². The molecule has 5 rings (SSSR count). The highest BCUT2D eigenvalue weighted by atomic mass is 19.1. The average molecular weight is 401 g/mol. The molecule has 6 nitrogen and oxygen atoms in total. The van der Waals surface area contributed by atoms with Gasteiger partial charge in [-0.25, -0.2) is 13.8 Å². The fourth-order valence-corrected chi connectivity index (χ4v) is 3.86. The predicted molar refractivity (Wildman–Crippen MR) is 110 cm³/mol. The van der Waals surface area contributed by atoms with Crippen LogP contribution in [0.25, 0.3) is 11.4 Å². The summed E-state index contributed by atoms with van der Waals surface area (Å²) in [5.74, 6) is -0.502. The lowest BCUT2D eigenvalue weighted by molar-refractivity contribution is 0.0944. The number of nitrogens with zero attached hydrogens (tertiary/aromatic N) is 4. The molecule has 2 aromatic carbocycles. The van der Waals surface area contributed by atoms with Gasteiger partial charge >= 0.3 is 0 Å². The van der Waals surface area contributed by atoms with Crippen molar-refractivity contribution in [3.8, 4) is 11.4 Å². The van der Waals surface area contributed by atoms with Crippen molar-refractivity contribution in [2.75, 3.05) is 0 Å². The third kappa shape index (κ3) is 3.39. The van der Waals surface area contributed by atoms with Crippen molar-refractivity contribution in [3.05, 3.63) is 95.3 Å². The van der Waals surface area contributed by atoms with Crippen LogP contribution >= 0.6 is 0 Å². The number of halogens is 1. The van der Waals surface area contributed by atoms with Crippen LogP contribution in [0.5, 0.6) is 0 Å². The number of fused-ring (bicyclic) bond motifs is 1. The van der Waals surface area contributed by atoms with E-state index in [1.165, 1.54) is 12.1 Å². The van der Waals surface area contributed by atoms with E-state index in [0.29, 0.717) is 12.2 Å². The van der Waals surface area contributed by atoms with Crippen LogP contribution in [0.2, 0.25) is 0 Å². The van der Waals surface area contributed by atoms with Crippen molar-refractivity contribution < 1.29 is 9.18 Å².